The van der Waals surface area contributed by atoms with E-state index < -0.39 is 12.2 Å². The molecule has 1 rings (SSSR count). The van der Waals surface area contributed by atoms with Crippen molar-refractivity contribution < 1.29 is 10.2 Å². The van der Waals surface area contributed by atoms with Gasteiger partial charge in [0.15, 0.2) is 0 Å². The molecule has 1 aliphatic rings. The molecule has 1 aliphatic carbocycles. The van der Waals surface area contributed by atoms with E-state index in [1.807, 2.05) is 24.3 Å². The molecule has 0 amide bonds. The van der Waals surface area contributed by atoms with E-state index in [2.05, 4.69) is 0 Å². The van der Waals surface area contributed by atoms with Crippen molar-refractivity contribution >= 4 is 0 Å². The number of rotatable bonds is 2. The summed E-state index contributed by atoms with van der Waals surface area (Å²) in [5.41, 5.74) is 1.89. The van der Waals surface area contributed by atoms with Gasteiger partial charge < -0.3 is 10.2 Å². The van der Waals surface area contributed by atoms with Gasteiger partial charge in [-0.2, -0.15) is 0 Å². The van der Waals surface area contributed by atoms with Crippen LogP contribution in [0.3, 0.4) is 0 Å². The van der Waals surface area contributed by atoms with Crippen LogP contribution in [-0.4, -0.2) is 22.4 Å². The molecule has 0 aliphatic heterocycles. The van der Waals surface area contributed by atoms with Crippen LogP contribution in [-0.2, 0) is 0 Å². The molecule has 0 heterocycles. The van der Waals surface area contributed by atoms with Crippen LogP contribution in [0.15, 0.2) is 35.5 Å². The molecule has 0 fully saturated rings. The lowest BCUT2D eigenvalue weighted by Crippen LogP contribution is -2.10. The first kappa shape index (κ1) is 10.2. The number of aliphatic hydroxyl groups excluding tert-OH is 2. The standard InChI is InChI=1S/C11H16O2/c1-8(12)10-5-3-4-6-11(7-10)9(2)13/h3-6,8-9,12-13H,7H2,1-2H3. The van der Waals surface area contributed by atoms with Crippen molar-refractivity contribution in [2.45, 2.75) is 32.5 Å². The van der Waals surface area contributed by atoms with Crippen molar-refractivity contribution in [3.05, 3.63) is 35.5 Å². The summed E-state index contributed by atoms with van der Waals surface area (Å²) in [5.74, 6) is 0. The third-order valence-corrected chi connectivity index (χ3v) is 2.21. The molecule has 0 saturated heterocycles. The lowest BCUT2D eigenvalue weighted by Gasteiger charge is -2.13. The first-order valence-corrected chi connectivity index (χ1v) is 4.53. The monoisotopic (exact) mass is 180 g/mol. The zero-order valence-electron chi connectivity index (χ0n) is 8.07. The highest BCUT2D eigenvalue weighted by Gasteiger charge is 2.11. The molecule has 2 nitrogen and oxygen atoms in total. The SMILES string of the molecule is CC(O)C1=CC=CC=C(C(C)O)C1. The topological polar surface area (TPSA) is 40.5 Å². The third-order valence-electron chi connectivity index (χ3n) is 2.21. The maximum absolute atomic E-state index is 9.39. The number of allylic oxidation sites excluding steroid dienone is 4. The van der Waals surface area contributed by atoms with E-state index in [0.29, 0.717) is 6.42 Å². The summed E-state index contributed by atoms with van der Waals surface area (Å²) in [6.07, 6.45) is 7.35. The largest absolute Gasteiger partial charge is 0.389 e. The number of aliphatic hydroxyl groups is 2. The minimum absolute atomic E-state index is 0.440. The Morgan fingerprint density at radius 2 is 1.38 bits per heavy atom. The molecule has 72 valence electrons. The van der Waals surface area contributed by atoms with Crippen LogP contribution in [0.4, 0.5) is 0 Å². The highest BCUT2D eigenvalue weighted by Crippen LogP contribution is 2.20. The van der Waals surface area contributed by atoms with Gasteiger partial charge >= 0.3 is 0 Å². The Morgan fingerprint density at radius 1 is 1.00 bits per heavy atom. The van der Waals surface area contributed by atoms with E-state index in [4.69, 9.17) is 0 Å². The van der Waals surface area contributed by atoms with Crippen LogP contribution in [0, 0.1) is 0 Å². The highest BCUT2D eigenvalue weighted by molar-refractivity contribution is 5.31. The van der Waals surface area contributed by atoms with E-state index in [-0.39, 0.29) is 0 Å². The van der Waals surface area contributed by atoms with Crippen molar-refractivity contribution in [1.29, 1.82) is 0 Å². The van der Waals surface area contributed by atoms with E-state index in [1.54, 1.807) is 13.8 Å². The van der Waals surface area contributed by atoms with Gasteiger partial charge in [0.2, 0.25) is 0 Å². The molecule has 13 heavy (non-hydrogen) atoms. The fraction of sp³-hybridized carbons (Fsp3) is 0.455. The first-order valence-electron chi connectivity index (χ1n) is 4.53. The molecule has 0 bridgehead atoms. The van der Waals surface area contributed by atoms with E-state index in [9.17, 15) is 10.2 Å². The molecule has 0 aromatic carbocycles. The lowest BCUT2D eigenvalue weighted by molar-refractivity contribution is 0.215. The maximum atomic E-state index is 9.39. The Labute approximate surface area is 78.9 Å². The minimum atomic E-state index is -0.440. The Morgan fingerprint density at radius 3 is 1.69 bits per heavy atom. The minimum Gasteiger partial charge on any atom is -0.389 e. The van der Waals surface area contributed by atoms with Crippen molar-refractivity contribution in [3.8, 4) is 0 Å². The van der Waals surface area contributed by atoms with Gasteiger partial charge in [-0.1, -0.05) is 24.3 Å². The molecule has 2 atom stereocenters. The van der Waals surface area contributed by atoms with Gasteiger partial charge in [0, 0.05) is 0 Å². The Hall–Kier alpha value is -0.860. The smallest absolute Gasteiger partial charge is 0.0728 e. The molecule has 0 saturated carbocycles. The summed E-state index contributed by atoms with van der Waals surface area (Å²) in [6.45, 7) is 3.48. The van der Waals surface area contributed by atoms with Crippen molar-refractivity contribution in [1.82, 2.24) is 0 Å². The number of hydrogen-bond donors (Lipinski definition) is 2. The Kier molecular flexibility index (Phi) is 3.46. The van der Waals surface area contributed by atoms with Gasteiger partial charge in [-0.3, -0.25) is 0 Å². The molecule has 0 aromatic heterocycles. The zero-order valence-corrected chi connectivity index (χ0v) is 8.07. The molecular weight excluding hydrogens is 164 g/mol. The molecule has 2 heteroatoms. The molecule has 0 aromatic rings. The van der Waals surface area contributed by atoms with Crippen LogP contribution in [0.2, 0.25) is 0 Å². The molecule has 2 N–H and O–H groups in total. The van der Waals surface area contributed by atoms with E-state index in [1.165, 1.54) is 0 Å². The van der Waals surface area contributed by atoms with E-state index in [0.717, 1.165) is 11.1 Å². The summed E-state index contributed by atoms with van der Waals surface area (Å²) in [5, 5.41) is 18.8. The third kappa shape index (κ3) is 2.83. The Balaban J connectivity index is 2.80. The molecule has 0 radical (unpaired) electrons. The van der Waals surface area contributed by atoms with Crippen LogP contribution in [0.1, 0.15) is 20.3 Å². The van der Waals surface area contributed by atoms with Crippen LogP contribution >= 0.6 is 0 Å². The van der Waals surface area contributed by atoms with Crippen LogP contribution in [0.5, 0.6) is 0 Å². The van der Waals surface area contributed by atoms with Gasteiger partial charge in [-0.15, -0.1) is 0 Å². The van der Waals surface area contributed by atoms with Gasteiger partial charge in [0.05, 0.1) is 12.2 Å². The Bertz CT molecular complexity index is 231. The van der Waals surface area contributed by atoms with Crippen molar-refractivity contribution in [2.75, 3.05) is 0 Å². The van der Waals surface area contributed by atoms with Gasteiger partial charge in [0.25, 0.3) is 0 Å². The first-order chi connectivity index (χ1) is 6.11. The second-order valence-electron chi connectivity index (χ2n) is 3.40. The highest BCUT2D eigenvalue weighted by atomic mass is 16.3. The van der Waals surface area contributed by atoms with Crippen LogP contribution in [0.25, 0.3) is 0 Å². The second kappa shape index (κ2) is 4.40. The van der Waals surface area contributed by atoms with E-state index >= 15 is 0 Å². The second-order valence-corrected chi connectivity index (χ2v) is 3.40. The fourth-order valence-corrected chi connectivity index (χ4v) is 1.29. The summed E-state index contributed by atoms with van der Waals surface area (Å²) < 4.78 is 0. The van der Waals surface area contributed by atoms with Crippen LogP contribution < -0.4 is 0 Å². The normalized spacial score (nSPS) is 21.5. The van der Waals surface area contributed by atoms with Crippen molar-refractivity contribution in [3.63, 3.8) is 0 Å². The van der Waals surface area contributed by atoms with Gasteiger partial charge in [0.1, 0.15) is 0 Å². The summed E-state index contributed by atoms with van der Waals surface area (Å²) >= 11 is 0. The molecule has 0 spiro atoms. The predicted octanol–water partition coefficient (Wildman–Crippen LogP) is 1.56. The predicted molar refractivity (Wildman–Crippen MR) is 53.3 cm³/mol. The molecular formula is C11H16O2. The summed E-state index contributed by atoms with van der Waals surface area (Å²) in [6, 6.07) is 0. The number of hydrogen-bond acceptors (Lipinski definition) is 2. The average molecular weight is 180 g/mol. The van der Waals surface area contributed by atoms with Gasteiger partial charge in [-0.25, -0.2) is 0 Å². The maximum Gasteiger partial charge on any atom is 0.0728 e. The molecule has 2 unspecified atom stereocenters. The summed E-state index contributed by atoms with van der Waals surface area (Å²) in [7, 11) is 0. The van der Waals surface area contributed by atoms with Crippen molar-refractivity contribution in [2.24, 2.45) is 0 Å². The fourth-order valence-electron chi connectivity index (χ4n) is 1.29. The summed E-state index contributed by atoms with van der Waals surface area (Å²) in [4.78, 5) is 0. The quantitative estimate of drug-likeness (QED) is 0.677. The zero-order chi connectivity index (χ0) is 9.84. The lowest BCUT2D eigenvalue weighted by atomic mass is 9.99. The van der Waals surface area contributed by atoms with Gasteiger partial charge in [-0.05, 0) is 31.4 Å². The average Bonchev–Trinajstić information content (AvgIpc) is 2.28.